The minimum absolute atomic E-state index is 0.463. The lowest BCUT2D eigenvalue weighted by atomic mass is 10.1. The maximum Gasteiger partial charge on any atom is 0.142 e. The van der Waals surface area contributed by atoms with Gasteiger partial charge in [-0.15, -0.1) is 0 Å². The van der Waals surface area contributed by atoms with E-state index in [9.17, 15) is 0 Å². The van der Waals surface area contributed by atoms with Crippen LogP contribution in [-0.4, -0.2) is 17.6 Å². The summed E-state index contributed by atoms with van der Waals surface area (Å²) in [6, 6.07) is 4.56. The van der Waals surface area contributed by atoms with Gasteiger partial charge in [0, 0.05) is 18.3 Å². The van der Waals surface area contributed by atoms with E-state index in [1.807, 2.05) is 13.0 Å². The summed E-state index contributed by atoms with van der Waals surface area (Å²) in [5, 5.41) is 3.41. The van der Waals surface area contributed by atoms with Crippen LogP contribution in [0.15, 0.2) is 12.1 Å². The normalized spacial score (nSPS) is 16.2. The summed E-state index contributed by atoms with van der Waals surface area (Å²) < 4.78 is 6.01. The lowest BCUT2D eigenvalue weighted by Crippen LogP contribution is -2.23. The topological polar surface area (TPSA) is 34.1 Å². The lowest BCUT2D eigenvalue weighted by Gasteiger charge is -2.16. The molecule has 0 unspecified atom stereocenters. The van der Waals surface area contributed by atoms with Gasteiger partial charge in [0.25, 0.3) is 0 Å². The van der Waals surface area contributed by atoms with Crippen LogP contribution in [0.1, 0.15) is 50.9 Å². The Bertz CT molecular complexity index is 398. The molecule has 1 saturated carbocycles. The first-order valence-corrected chi connectivity index (χ1v) is 7.48. The lowest BCUT2D eigenvalue weighted by molar-refractivity contribution is 0.248. The van der Waals surface area contributed by atoms with Crippen LogP contribution >= 0.6 is 0 Å². The second-order valence-corrected chi connectivity index (χ2v) is 5.89. The molecule has 0 saturated heterocycles. The van der Waals surface area contributed by atoms with Crippen molar-refractivity contribution in [2.24, 2.45) is 5.92 Å². The van der Waals surface area contributed by atoms with Gasteiger partial charge in [0.1, 0.15) is 5.75 Å². The van der Waals surface area contributed by atoms with Gasteiger partial charge in [-0.1, -0.05) is 26.7 Å². The molecule has 19 heavy (non-hydrogen) atoms. The smallest absolute Gasteiger partial charge is 0.142 e. The van der Waals surface area contributed by atoms with Crippen LogP contribution in [0, 0.1) is 12.8 Å². The average Bonchev–Trinajstić information content (AvgIpc) is 2.88. The van der Waals surface area contributed by atoms with Crippen molar-refractivity contribution in [3.8, 4) is 5.75 Å². The van der Waals surface area contributed by atoms with E-state index in [0.29, 0.717) is 6.04 Å². The van der Waals surface area contributed by atoms with Gasteiger partial charge in [-0.25, -0.2) is 0 Å². The first-order valence-electron chi connectivity index (χ1n) is 7.48. The fourth-order valence-corrected chi connectivity index (χ4v) is 2.54. The minimum atomic E-state index is 0.463. The van der Waals surface area contributed by atoms with Gasteiger partial charge in [0.05, 0.1) is 12.3 Å². The maximum absolute atomic E-state index is 6.01. The van der Waals surface area contributed by atoms with Gasteiger partial charge < -0.3 is 10.1 Å². The van der Waals surface area contributed by atoms with E-state index < -0.39 is 0 Å². The first-order chi connectivity index (χ1) is 9.15. The molecular weight excluding hydrogens is 236 g/mol. The monoisotopic (exact) mass is 262 g/mol. The van der Waals surface area contributed by atoms with Crippen molar-refractivity contribution in [1.82, 2.24) is 10.3 Å². The number of rotatable bonds is 6. The molecule has 1 aliphatic rings. The van der Waals surface area contributed by atoms with E-state index in [1.165, 1.54) is 25.7 Å². The number of pyridine rings is 1. The van der Waals surface area contributed by atoms with Crippen LogP contribution in [0.3, 0.4) is 0 Å². The summed E-state index contributed by atoms with van der Waals surface area (Å²) in [5.41, 5.74) is 2.08. The second-order valence-electron chi connectivity index (χ2n) is 5.89. The zero-order valence-electron chi connectivity index (χ0n) is 12.4. The number of nitrogens with zero attached hydrogens (tertiary/aromatic N) is 1. The molecule has 2 rings (SSSR count). The van der Waals surface area contributed by atoms with Crippen LogP contribution in [0.25, 0.3) is 0 Å². The number of nitrogens with one attached hydrogen (secondary N) is 1. The Morgan fingerprint density at radius 3 is 2.74 bits per heavy atom. The molecular formula is C16H26N2O. The molecule has 0 bridgehead atoms. The van der Waals surface area contributed by atoms with Crippen LogP contribution < -0.4 is 10.1 Å². The van der Waals surface area contributed by atoms with Gasteiger partial charge in [-0.05, 0) is 37.8 Å². The predicted octanol–water partition coefficient (Wildman–Crippen LogP) is 3.46. The SMILES string of the molecule is Cc1ccc(OCC2CCCC2)c(CNC(C)C)n1. The summed E-state index contributed by atoms with van der Waals surface area (Å²) in [4.78, 5) is 4.60. The third kappa shape index (κ3) is 4.50. The Kier molecular flexibility index (Phi) is 5.20. The maximum atomic E-state index is 6.01. The quantitative estimate of drug-likeness (QED) is 0.852. The highest BCUT2D eigenvalue weighted by atomic mass is 16.5. The van der Waals surface area contributed by atoms with Gasteiger partial charge in [-0.2, -0.15) is 0 Å². The zero-order chi connectivity index (χ0) is 13.7. The molecule has 1 heterocycles. The van der Waals surface area contributed by atoms with E-state index >= 15 is 0 Å². The third-order valence-corrected chi connectivity index (χ3v) is 3.70. The molecule has 0 radical (unpaired) electrons. The van der Waals surface area contributed by atoms with Crippen molar-refractivity contribution in [1.29, 1.82) is 0 Å². The van der Waals surface area contributed by atoms with E-state index in [2.05, 4.69) is 30.2 Å². The Labute approximate surface area is 116 Å². The fourth-order valence-electron chi connectivity index (χ4n) is 2.54. The molecule has 1 fully saturated rings. The van der Waals surface area contributed by atoms with Crippen LogP contribution in [0.4, 0.5) is 0 Å². The van der Waals surface area contributed by atoms with E-state index in [-0.39, 0.29) is 0 Å². The van der Waals surface area contributed by atoms with Crippen LogP contribution in [0.2, 0.25) is 0 Å². The molecule has 1 aliphatic carbocycles. The molecule has 106 valence electrons. The van der Waals surface area contributed by atoms with Crippen LogP contribution in [-0.2, 0) is 6.54 Å². The van der Waals surface area contributed by atoms with Crippen LogP contribution in [0.5, 0.6) is 5.75 Å². The molecule has 3 nitrogen and oxygen atoms in total. The zero-order valence-corrected chi connectivity index (χ0v) is 12.4. The number of aromatic nitrogens is 1. The Balaban J connectivity index is 1.96. The Morgan fingerprint density at radius 2 is 2.05 bits per heavy atom. The molecule has 3 heteroatoms. The summed E-state index contributed by atoms with van der Waals surface area (Å²) in [6.07, 6.45) is 5.36. The summed E-state index contributed by atoms with van der Waals surface area (Å²) in [5.74, 6) is 1.69. The summed E-state index contributed by atoms with van der Waals surface area (Å²) in [7, 11) is 0. The number of aryl methyl sites for hydroxylation is 1. The van der Waals surface area contributed by atoms with Crippen molar-refractivity contribution in [2.75, 3.05) is 6.61 Å². The number of hydrogen-bond acceptors (Lipinski definition) is 3. The molecule has 0 spiro atoms. The third-order valence-electron chi connectivity index (χ3n) is 3.70. The molecule has 0 amide bonds. The molecule has 0 atom stereocenters. The largest absolute Gasteiger partial charge is 0.491 e. The highest BCUT2D eigenvalue weighted by Gasteiger charge is 2.16. The van der Waals surface area contributed by atoms with Crippen molar-refractivity contribution in [3.63, 3.8) is 0 Å². The standard InChI is InChI=1S/C16H26N2O/c1-12(2)17-10-15-16(9-8-13(3)18-15)19-11-14-6-4-5-7-14/h8-9,12,14,17H,4-7,10-11H2,1-3H3. The minimum Gasteiger partial charge on any atom is -0.491 e. The highest BCUT2D eigenvalue weighted by molar-refractivity contribution is 5.29. The average molecular weight is 262 g/mol. The van der Waals surface area contributed by atoms with Gasteiger partial charge in [-0.3, -0.25) is 4.98 Å². The molecule has 0 aromatic carbocycles. The van der Waals surface area contributed by atoms with Crippen molar-refractivity contribution < 1.29 is 4.74 Å². The van der Waals surface area contributed by atoms with E-state index in [1.54, 1.807) is 0 Å². The Morgan fingerprint density at radius 1 is 1.32 bits per heavy atom. The van der Waals surface area contributed by atoms with Gasteiger partial charge in [0.15, 0.2) is 0 Å². The molecule has 1 aromatic heterocycles. The van der Waals surface area contributed by atoms with Crippen molar-refractivity contribution in [3.05, 3.63) is 23.5 Å². The Hall–Kier alpha value is -1.09. The molecule has 1 N–H and O–H groups in total. The highest BCUT2D eigenvalue weighted by Crippen LogP contribution is 2.26. The summed E-state index contributed by atoms with van der Waals surface area (Å²) in [6.45, 7) is 7.95. The predicted molar refractivity (Wildman–Crippen MR) is 78.4 cm³/mol. The van der Waals surface area contributed by atoms with E-state index in [0.717, 1.165) is 36.2 Å². The number of hydrogen-bond donors (Lipinski definition) is 1. The molecule has 0 aliphatic heterocycles. The van der Waals surface area contributed by atoms with E-state index in [4.69, 9.17) is 4.74 Å². The van der Waals surface area contributed by atoms with Gasteiger partial charge >= 0.3 is 0 Å². The fraction of sp³-hybridized carbons (Fsp3) is 0.688. The van der Waals surface area contributed by atoms with Crippen molar-refractivity contribution >= 4 is 0 Å². The first kappa shape index (κ1) is 14.3. The number of ether oxygens (including phenoxy) is 1. The summed E-state index contributed by atoms with van der Waals surface area (Å²) >= 11 is 0. The van der Waals surface area contributed by atoms with Gasteiger partial charge in [0.2, 0.25) is 0 Å². The second kappa shape index (κ2) is 6.90. The van der Waals surface area contributed by atoms with Crippen molar-refractivity contribution in [2.45, 2.75) is 59.0 Å². The molecule has 1 aromatic rings.